The Morgan fingerprint density at radius 1 is 1.00 bits per heavy atom. The number of aromatic nitrogens is 2. The Bertz CT molecular complexity index is 790. The minimum atomic E-state index is 0.0188. The Morgan fingerprint density at radius 2 is 1.74 bits per heavy atom. The van der Waals surface area contributed by atoms with Crippen LogP contribution in [0.15, 0.2) is 73.2 Å². The van der Waals surface area contributed by atoms with E-state index in [1.807, 2.05) is 76.5 Å². The molecule has 0 bridgehead atoms. The van der Waals surface area contributed by atoms with Crippen molar-refractivity contribution in [3.05, 3.63) is 78.8 Å². The van der Waals surface area contributed by atoms with Gasteiger partial charge in [-0.25, -0.2) is 4.98 Å². The maximum absolute atomic E-state index is 12.9. The zero-order valence-electron chi connectivity index (χ0n) is 12.7. The summed E-state index contributed by atoms with van der Waals surface area (Å²) >= 11 is 0. The smallest absolute Gasteiger partial charge is 0.259 e. The zero-order chi connectivity index (χ0) is 15.6. The molecule has 1 fully saturated rings. The average molecular weight is 303 g/mol. The number of amides is 1. The number of carbonyl (C=O) groups excluding carboxylic acids is 1. The van der Waals surface area contributed by atoms with Crippen molar-refractivity contribution in [2.24, 2.45) is 0 Å². The highest BCUT2D eigenvalue weighted by Crippen LogP contribution is 2.32. The third-order valence-electron chi connectivity index (χ3n) is 4.04. The van der Waals surface area contributed by atoms with Crippen molar-refractivity contribution in [2.45, 2.75) is 18.9 Å². The van der Waals surface area contributed by atoms with E-state index in [-0.39, 0.29) is 11.9 Å². The van der Waals surface area contributed by atoms with Gasteiger partial charge in [-0.1, -0.05) is 6.07 Å². The molecule has 0 radical (unpaired) electrons. The molecule has 23 heavy (non-hydrogen) atoms. The van der Waals surface area contributed by atoms with Crippen LogP contribution in [0.2, 0.25) is 0 Å². The standard InChI is InChI=1S/C19H17N3O/c23-19(22(17-10-11-17)18-5-1-2-12-20-18)15-6-8-16(9-7-15)21-13-3-4-14-21/h1-9,12-14,17H,10-11H2. The summed E-state index contributed by atoms with van der Waals surface area (Å²) in [6.07, 6.45) is 7.79. The van der Waals surface area contributed by atoms with Gasteiger partial charge in [-0.2, -0.15) is 0 Å². The molecule has 0 aliphatic heterocycles. The van der Waals surface area contributed by atoms with Crippen molar-refractivity contribution in [3.8, 4) is 5.69 Å². The van der Waals surface area contributed by atoms with Crippen LogP contribution >= 0.6 is 0 Å². The Balaban J connectivity index is 1.62. The normalized spacial score (nSPS) is 13.7. The first kappa shape index (κ1) is 13.8. The summed E-state index contributed by atoms with van der Waals surface area (Å²) in [7, 11) is 0. The molecule has 1 saturated carbocycles. The molecular formula is C19H17N3O. The lowest BCUT2D eigenvalue weighted by Crippen LogP contribution is -2.33. The number of pyridine rings is 1. The fraction of sp³-hybridized carbons (Fsp3) is 0.158. The predicted molar refractivity (Wildman–Crippen MR) is 89.8 cm³/mol. The zero-order valence-corrected chi connectivity index (χ0v) is 12.7. The largest absolute Gasteiger partial charge is 0.324 e. The second-order valence-electron chi connectivity index (χ2n) is 5.73. The van der Waals surface area contributed by atoms with Crippen LogP contribution in [0.5, 0.6) is 0 Å². The lowest BCUT2D eigenvalue weighted by atomic mass is 10.1. The van der Waals surface area contributed by atoms with Crippen LogP contribution in [-0.4, -0.2) is 21.5 Å². The van der Waals surface area contributed by atoms with Crippen molar-refractivity contribution in [1.29, 1.82) is 0 Å². The molecule has 2 heterocycles. The molecule has 2 aromatic heterocycles. The number of benzene rings is 1. The fourth-order valence-electron chi connectivity index (χ4n) is 2.71. The number of anilines is 1. The van der Waals surface area contributed by atoms with E-state index in [0.717, 1.165) is 24.3 Å². The lowest BCUT2D eigenvalue weighted by molar-refractivity contribution is 0.0984. The molecule has 0 spiro atoms. The summed E-state index contributed by atoms with van der Waals surface area (Å²) in [5.74, 6) is 0.750. The third kappa shape index (κ3) is 2.75. The summed E-state index contributed by atoms with van der Waals surface area (Å²) in [6.45, 7) is 0. The van der Waals surface area contributed by atoms with Crippen LogP contribution in [0.3, 0.4) is 0 Å². The van der Waals surface area contributed by atoms with E-state index >= 15 is 0 Å². The molecule has 0 atom stereocenters. The van der Waals surface area contributed by atoms with Crippen LogP contribution in [0.25, 0.3) is 5.69 Å². The highest BCUT2D eigenvalue weighted by molar-refractivity contribution is 6.06. The van der Waals surface area contributed by atoms with Gasteiger partial charge >= 0.3 is 0 Å². The van der Waals surface area contributed by atoms with Crippen molar-refractivity contribution in [3.63, 3.8) is 0 Å². The van der Waals surface area contributed by atoms with Crippen molar-refractivity contribution < 1.29 is 4.79 Å². The van der Waals surface area contributed by atoms with Crippen LogP contribution in [0.4, 0.5) is 5.82 Å². The van der Waals surface area contributed by atoms with Gasteiger partial charge in [0.25, 0.3) is 5.91 Å². The van der Waals surface area contributed by atoms with E-state index < -0.39 is 0 Å². The number of hydrogen-bond acceptors (Lipinski definition) is 2. The van der Waals surface area contributed by atoms with E-state index in [1.165, 1.54) is 0 Å². The molecule has 4 heteroatoms. The highest BCUT2D eigenvalue weighted by Gasteiger charge is 2.34. The molecule has 0 saturated heterocycles. The van der Waals surface area contributed by atoms with E-state index in [2.05, 4.69) is 4.98 Å². The fourth-order valence-corrected chi connectivity index (χ4v) is 2.71. The first-order chi connectivity index (χ1) is 11.3. The molecule has 3 aromatic rings. The van der Waals surface area contributed by atoms with Gasteiger partial charge in [-0.05, 0) is 61.4 Å². The van der Waals surface area contributed by atoms with E-state index in [0.29, 0.717) is 5.56 Å². The van der Waals surface area contributed by atoms with Gasteiger partial charge in [0.05, 0.1) is 0 Å². The maximum Gasteiger partial charge on any atom is 0.259 e. The minimum Gasteiger partial charge on any atom is -0.324 e. The Kier molecular flexibility index (Phi) is 3.42. The van der Waals surface area contributed by atoms with Gasteiger partial charge in [0.1, 0.15) is 5.82 Å². The van der Waals surface area contributed by atoms with Crippen molar-refractivity contribution in [2.75, 3.05) is 4.90 Å². The molecule has 1 amide bonds. The van der Waals surface area contributed by atoms with E-state index in [9.17, 15) is 4.79 Å². The number of carbonyl (C=O) groups is 1. The van der Waals surface area contributed by atoms with Gasteiger partial charge in [-0.15, -0.1) is 0 Å². The molecule has 1 aromatic carbocycles. The van der Waals surface area contributed by atoms with Gasteiger partial charge in [0, 0.05) is 35.9 Å². The van der Waals surface area contributed by atoms with Crippen LogP contribution < -0.4 is 4.90 Å². The molecule has 114 valence electrons. The third-order valence-corrected chi connectivity index (χ3v) is 4.04. The molecule has 1 aliphatic rings. The minimum absolute atomic E-state index is 0.0188. The second-order valence-corrected chi connectivity index (χ2v) is 5.73. The topological polar surface area (TPSA) is 38.1 Å². The highest BCUT2D eigenvalue weighted by atomic mass is 16.2. The summed E-state index contributed by atoms with van der Waals surface area (Å²) in [5, 5.41) is 0. The average Bonchev–Trinajstić information content (AvgIpc) is 3.28. The first-order valence-corrected chi connectivity index (χ1v) is 7.81. The quantitative estimate of drug-likeness (QED) is 0.737. The first-order valence-electron chi connectivity index (χ1n) is 7.81. The summed E-state index contributed by atoms with van der Waals surface area (Å²) in [4.78, 5) is 19.1. The molecule has 4 nitrogen and oxygen atoms in total. The van der Waals surface area contributed by atoms with E-state index in [1.54, 1.807) is 6.20 Å². The van der Waals surface area contributed by atoms with Gasteiger partial charge in [-0.3, -0.25) is 9.69 Å². The number of nitrogens with zero attached hydrogens (tertiary/aromatic N) is 3. The molecule has 0 unspecified atom stereocenters. The Morgan fingerprint density at radius 3 is 2.35 bits per heavy atom. The Labute approximate surface area is 135 Å². The van der Waals surface area contributed by atoms with Crippen molar-refractivity contribution >= 4 is 11.7 Å². The molecular weight excluding hydrogens is 286 g/mol. The number of hydrogen-bond donors (Lipinski definition) is 0. The van der Waals surface area contributed by atoms with Gasteiger partial charge < -0.3 is 4.57 Å². The predicted octanol–water partition coefficient (Wildman–Crippen LogP) is 3.68. The van der Waals surface area contributed by atoms with Gasteiger partial charge in [0.15, 0.2) is 0 Å². The van der Waals surface area contributed by atoms with Crippen LogP contribution in [-0.2, 0) is 0 Å². The summed E-state index contributed by atoms with van der Waals surface area (Å²) in [5.41, 5.74) is 1.74. The maximum atomic E-state index is 12.9. The van der Waals surface area contributed by atoms with E-state index in [4.69, 9.17) is 0 Å². The summed E-state index contributed by atoms with van der Waals surface area (Å²) < 4.78 is 2.02. The van der Waals surface area contributed by atoms with Crippen LogP contribution in [0.1, 0.15) is 23.2 Å². The SMILES string of the molecule is O=C(c1ccc(-n2cccc2)cc1)N(c1ccccn1)C1CC1. The Hall–Kier alpha value is -2.88. The summed E-state index contributed by atoms with van der Waals surface area (Å²) in [6, 6.07) is 17.6. The molecule has 4 rings (SSSR count). The van der Waals surface area contributed by atoms with Crippen molar-refractivity contribution in [1.82, 2.24) is 9.55 Å². The molecule has 1 aliphatic carbocycles. The van der Waals surface area contributed by atoms with Crippen LogP contribution in [0, 0.1) is 0 Å². The second kappa shape index (κ2) is 5.72. The lowest BCUT2D eigenvalue weighted by Gasteiger charge is -2.21. The van der Waals surface area contributed by atoms with Gasteiger partial charge in [0.2, 0.25) is 0 Å². The molecule has 0 N–H and O–H groups in total. The number of rotatable bonds is 4. The monoisotopic (exact) mass is 303 g/mol.